The highest BCUT2D eigenvalue weighted by atomic mass is 16.3. The van der Waals surface area contributed by atoms with Gasteiger partial charge in [0.05, 0.1) is 11.0 Å². The van der Waals surface area contributed by atoms with Crippen LogP contribution in [0, 0.1) is 0 Å². The number of furan rings is 2. The van der Waals surface area contributed by atoms with Gasteiger partial charge < -0.3 is 13.4 Å². The van der Waals surface area contributed by atoms with E-state index in [4.69, 9.17) is 8.83 Å². The van der Waals surface area contributed by atoms with Crippen molar-refractivity contribution in [2.75, 3.05) is 0 Å². The van der Waals surface area contributed by atoms with Crippen molar-refractivity contribution in [3.05, 3.63) is 127 Å². The van der Waals surface area contributed by atoms with Gasteiger partial charge in [-0.25, -0.2) is 0 Å². The Hall–Kier alpha value is -5.28. The summed E-state index contributed by atoms with van der Waals surface area (Å²) < 4.78 is 15.0. The van der Waals surface area contributed by atoms with Crippen molar-refractivity contribution in [2.45, 2.75) is 0 Å². The smallest absolute Gasteiger partial charge is 0.137 e. The first-order chi connectivity index (χ1) is 19.3. The predicted molar refractivity (Wildman–Crippen MR) is 161 cm³/mol. The van der Waals surface area contributed by atoms with E-state index < -0.39 is 0 Å². The Bertz CT molecular complexity index is 2350. The van der Waals surface area contributed by atoms with Crippen LogP contribution in [0.15, 0.2) is 136 Å². The molecule has 182 valence electrons. The van der Waals surface area contributed by atoms with E-state index >= 15 is 0 Å². The molecule has 0 unspecified atom stereocenters. The van der Waals surface area contributed by atoms with E-state index in [9.17, 15) is 0 Å². The molecule has 3 heterocycles. The molecule has 0 aliphatic heterocycles. The number of hydrogen-bond donors (Lipinski definition) is 0. The Morgan fingerprint density at radius 1 is 0.410 bits per heavy atom. The molecule has 0 saturated carbocycles. The Morgan fingerprint density at radius 3 is 1.82 bits per heavy atom. The number of benzene rings is 6. The van der Waals surface area contributed by atoms with Crippen LogP contribution in [0.1, 0.15) is 0 Å². The van der Waals surface area contributed by atoms with E-state index in [0.717, 1.165) is 60.7 Å². The average Bonchev–Trinajstić information content (AvgIpc) is 3.65. The third kappa shape index (κ3) is 2.87. The Labute approximate surface area is 223 Å². The minimum Gasteiger partial charge on any atom is -0.456 e. The van der Waals surface area contributed by atoms with Crippen molar-refractivity contribution in [2.24, 2.45) is 0 Å². The molecule has 3 aromatic heterocycles. The minimum absolute atomic E-state index is 0.881. The maximum absolute atomic E-state index is 6.52. The van der Waals surface area contributed by atoms with Crippen LogP contribution in [-0.2, 0) is 0 Å². The molecular formula is C36H21NO2. The largest absolute Gasteiger partial charge is 0.456 e. The van der Waals surface area contributed by atoms with Crippen LogP contribution >= 0.6 is 0 Å². The second-order valence-corrected chi connectivity index (χ2v) is 10.1. The van der Waals surface area contributed by atoms with Gasteiger partial charge in [0.25, 0.3) is 0 Å². The molecule has 9 aromatic rings. The van der Waals surface area contributed by atoms with Gasteiger partial charge in [0.15, 0.2) is 0 Å². The third-order valence-corrected chi connectivity index (χ3v) is 8.01. The van der Waals surface area contributed by atoms with Crippen molar-refractivity contribution < 1.29 is 8.83 Å². The second kappa shape index (κ2) is 7.62. The molecule has 3 nitrogen and oxygen atoms in total. The molecule has 3 heteroatoms. The van der Waals surface area contributed by atoms with E-state index in [1.165, 1.54) is 21.8 Å². The summed E-state index contributed by atoms with van der Waals surface area (Å²) in [7, 11) is 0. The van der Waals surface area contributed by atoms with E-state index in [-0.39, 0.29) is 0 Å². The molecule has 0 N–H and O–H groups in total. The molecule has 0 amide bonds. The Morgan fingerprint density at radius 2 is 1.03 bits per heavy atom. The van der Waals surface area contributed by atoms with Crippen molar-refractivity contribution in [3.63, 3.8) is 0 Å². The van der Waals surface area contributed by atoms with Gasteiger partial charge >= 0.3 is 0 Å². The fraction of sp³-hybridized carbons (Fsp3) is 0. The van der Waals surface area contributed by atoms with Gasteiger partial charge in [-0.15, -0.1) is 0 Å². The van der Waals surface area contributed by atoms with Gasteiger partial charge in [0.2, 0.25) is 0 Å². The normalized spacial score (nSPS) is 12.1. The van der Waals surface area contributed by atoms with Gasteiger partial charge in [-0.3, -0.25) is 0 Å². The highest BCUT2D eigenvalue weighted by Crippen LogP contribution is 2.40. The number of para-hydroxylation sites is 3. The molecule has 0 bridgehead atoms. The number of rotatable bonds is 2. The molecular weight excluding hydrogens is 478 g/mol. The van der Waals surface area contributed by atoms with Crippen LogP contribution < -0.4 is 0 Å². The Balaban J connectivity index is 1.25. The van der Waals surface area contributed by atoms with E-state index in [1.807, 2.05) is 18.2 Å². The van der Waals surface area contributed by atoms with E-state index in [2.05, 4.69) is 114 Å². The standard InChI is InChI=1S/C36H21NO2/c1-4-12-30-25(8-1)26-9-2-5-13-31(26)37(30)23-17-19-28-27-18-16-22(20-34(27)39-35(28)21-23)24-11-7-15-33-36(24)29-10-3-6-14-32(29)38-33/h1-21H. The van der Waals surface area contributed by atoms with Gasteiger partial charge in [-0.1, -0.05) is 72.8 Å². The summed E-state index contributed by atoms with van der Waals surface area (Å²) in [6.45, 7) is 0. The summed E-state index contributed by atoms with van der Waals surface area (Å²) >= 11 is 0. The van der Waals surface area contributed by atoms with Crippen LogP contribution in [0.5, 0.6) is 0 Å². The van der Waals surface area contributed by atoms with Crippen LogP contribution in [0.2, 0.25) is 0 Å². The summed E-state index contributed by atoms with van der Waals surface area (Å²) in [5.74, 6) is 0. The molecule has 0 saturated heterocycles. The topological polar surface area (TPSA) is 31.2 Å². The van der Waals surface area contributed by atoms with Gasteiger partial charge in [0, 0.05) is 44.1 Å². The third-order valence-electron chi connectivity index (χ3n) is 8.01. The summed E-state index contributed by atoms with van der Waals surface area (Å²) in [6.07, 6.45) is 0. The summed E-state index contributed by atoms with van der Waals surface area (Å²) in [5, 5.41) is 7.01. The molecule has 0 fully saturated rings. The zero-order valence-electron chi connectivity index (χ0n) is 20.9. The number of nitrogens with zero attached hydrogens (tertiary/aromatic N) is 1. The molecule has 39 heavy (non-hydrogen) atoms. The van der Waals surface area contributed by atoms with E-state index in [0.29, 0.717) is 0 Å². The van der Waals surface area contributed by atoms with Crippen molar-refractivity contribution in [1.82, 2.24) is 4.57 Å². The molecule has 9 rings (SSSR count). The van der Waals surface area contributed by atoms with Crippen molar-refractivity contribution >= 4 is 65.7 Å². The number of fused-ring (bicyclic) bond motifs is 9. The van der Waals surface area contributed by atoms with E-state index in [1.54, 1.807) is 0 Å². The molecule has 0 aliphatic rings. The van der Waals surface area contributed by atoms with Crippen LogP contribution in [0.4, 0.5) is 0 Å². The SMILES string of the molecule is c1ccc2c(c1)oc1cccc(-c3ccc4c(c3)oc3cc(-n5c6ccccc6c6ccccc65)ccc34)c12. The zero-order valence-corrected chi connectivity index (χ0v) is 20.9. The van der Waals surface area contributed by atoms with Gasteiger partial charge in [0.1, 0.15) is 22.3 Å². The first-order valence-corrected chi connectivity index (χ1v) is 13.2. The monoisotopic (exact) mass is 499 g/mol. The van der Waals surface area contributed by atoms with Gasteiger partial charge in [-0.05, 0) is 59.7 Å². The lowest BCUT2D eigenvalue weighted by molar-refractivity contribution is 0.668. The summed E-state index contributed by atoms with van der Waals surface area (Å²) in [6, 6.07) is 44.7. The predicted octanol–water partition coefficient (Wildman–Crippen LogP) is 10.2. The molecule has 0 spiro atoms. The van der Waals surface area contributed by atoms with Crippen LogP contribution in [0.3, 0.4) is 0 Å². The lowest BCUT2D eigenvalue weighted by Gasteiger charge is -2.07. The second-order valence-electron chi connectivity index (χ2n) is 10.1. The molecule has 0 atom stereocenters. The maximum Gasteiger partial charge on any atom is 0.137 e. The quantitative estimate of drug-likeness (QED) is 0.237. The number of aromatic nitrogens is 1. The molecule has 6 aromatic carbocycles. The average molecular weight is 500 g/mol. The van der Waals surface area contributed by atoms with Gasteiger partial charge in [-0.2, -0.15) is 0 Å². The van der Waals surface area contributed by atoms with Crippen LogP contribution in [0.25, 0.3) is 82.5 Å². The summed E-state index contributed by atoms with van der Waals surface area (Å²) in [5.41, 5.74) is 9.30. The maximum atomic E-state index is 6.52. The fourth-order valence-corrected chi connectivity index (χ4v) is 6.29. The number of hydrogen-bond acceptors (Lipinski definition) is 2. The lowest BCUT2D eigenvalue weighted by atomic mass is 9.98. The highest BCUT2D eigenvalue weighted by Gasteiger charge is 2.16. The fourth-order valence-electron chi connectivity index (χ4n) is 6.29. The lowest BCUT2D eigenvalue weighted by Crippen LogP contribution is -1.93. The minimum atomic E-state index is 0.881. The summed E-state index contributed by atoms with van der Waals surface area (Å²) in [4.78, 5) is 0. The molecule has 0 aliphatic carbocycles. The van der Waals surface area contributed by atoms with Crippen LogP contribution in [-0.4, -0.2) is 4.57 Å². The first-order valence-electron chi connectivity index (χ1n) is 13.2. The Kier molecular flexibility index (Phi) is 4.05. The highest BCUT2D eigenvalue weighted by molar-refractivity contribution is 6.14. The first kappa shape index (κ1) is 20.7. The van der Waals surface area contributed by atoms with Crippen molar-refractivity contribution in [1.29, 1.82) is 0 Å². The zero-order chi connectivity index (χ0) is 25.5. The van der Waals surface area contributed by atoms with Crippen molar-refractivity contribution in [3.8, 4) is 16.8 Å². The molecule has 0 radical (unpaired) electrons.